The van der Waals surface area contributed by atoms with Crippen molar-refractivity contribution < 1.29 is 9.53 Å². The van der Waals surface area contributed by atoms with Crippen LogP contribution in [0.3, 0.4) is 0 Å². The maximum absolute atomic E-state index is 12.4. The molecule has 0 radical (unpaired) electrons. The molecule has 0 aromatic carbocycles. The third-order valence-electron chi connectivity index (χ3n) is 4.21. The van der Waals surface area contributed by atoms with Gasteiger partial charge in [0.05, 0.1) is 12.6 Å². The molecule has 1 aromatic heterocycles. The first-order chi connectivity index (χ1) is 9.84. The number of rotatable bonds is 3. The Hall–Kier alpha value is -1.33. The number of nitrogens with one attached hydrogen (secondary N) is 2. The monoisotopic (exact) mass is 277 g/mol. The van der Waals surface area contributed by atoms with Crippen molar-refractivity contribution >= 4 is 5.91 Å². The lowest BCUT2D eigenvalue weighted by atomic mass is 10.1. The lowest BCUT2D eigenvalue weighted by Gasteiger charge is -2.27. The number of hydrogen-bond donors (Lipinski definition) is 2. The van der Waals surface area contributed by atoms with Crippen molar-refractivity contribution in [2.75, 3.05) is 26.3 Å². The minimum absolute atomic E-state index is 0.0315. The number of carbonyl (C=O) groups is 1. The molecule has 0 aliphatic carbocycles. The molecule has 2 saturated heterocycles. The van der Waals surface area contributed by atoms with E-state index in [2.05, 4.69) is 15.2 Å². The minimum Gasteiger partial charge on any atom is -0.379 e. The molecule has 1 atom stereocenters. The Kier molecular flexibility index (Phi) is 4.38. The van der Waals surface area contributed by atoms with Crippen molar-refractivity contribution in [3.05, 3.63) is 24.0 Å². The second-order valence-corrected chi connectivity index (χ2v) is 5.67. The summed E-state index contributed by atoms with van der Waals surface area (Å²) in [5.74, 6) is 0.0315. The SMILES string of the molecule is O=C(NC1CCCOC1)c1cccn1C1CCNCC1. The van der Waals surface area contributed by atoms with Crippen molar-refractivity contribution in [1.29, 1.82) is 0 Å². The number of carbonyl (C=O) groups excluding carboxylic acids is 1. The van der Waals surface area contributed by atoms with E-state index in [4.69, 9.17) is 4.74 Å². The highest BCUT2D eigenvalue weighted by Gasteiger charge is 2.22. The molecule has 110 valence electrons. The number of ether oxygens (including phenoxy) is 1. The topological polar surface area (TPSA) is 55.3 Å². The van der Waals surface area contributed by atoms with Gasteiger partial charge in [-0.15, -0.1) is 0 Å². The molecule has 5 heteroatoms. The average molecular weight is 277 g/mol. The van der Waals surface area contributed by atoms with Gasteiger partial charge in [-0.25, -0.2) is 0 Å². The van der Waals surface area contributed by atoms with Crippen LogP contribution in [0, 0.1) is 0 Å². The Bertz CT molecular complexity index is 446. The van der Waals surface area contributed by atoms with Gasteiger partial charge in [-0.1, -0.05) is 0 Å². The molecule has 3 rings (SSSR count). The van der Waals surface area contributed by atoms with Gasteiger partial charge in [0.15, 0.2) is 0 Å². The van der Waals surface area contributed by atoms with Gasteiger partial charge >= 0.3 is 0 Å². The summed E-state index contributed by atoms with van der Waals surface area (Å²) in [4.78, 5) is 12.4. The lowest BCUT2D eigenvalue weighted by molar-refractivity contribution is 0.0618. The van der Waals surface area contributed by atoms with Crippen molar-refractivity contribution in [1.82, 2.24) is 15.2 Å². The third-order valence-corrected chi connectivity index (χ3v) is 4.21. The highest BCUT2D eigenvalue weighted by Crippen LogP contribution is 2.21. The van der Waals surface area contributed by atoms with E-state index in [1.165, 1.54) is 0 Å². The number of hydrogen-bond acceptors (Lipinski definition) is 3. The smallest absolute Gasteiger partial charge is 0.268 e. The van der Waals surface area contributed by atoms with Crippen LogP contribution in [-0.2, 0) is 4.74 Å². The highest BCUT2D eigenvalue weighted by molar-refractivity contribution is 5.93. The van der Waals surface area contributed by atoms with Crippen LogP contribution in [0.1, 0.15) is 42.2 Å². The van der Waals surface area contributed by atoms with E-state index in [0.717, 1.165) is 51.1 Å². The van der Waals surface area contributed by atoms with Crippen LogP contribution in [0.5, 0.6) is 0 Å². The summed E-state index contributed by atoms with van der Waals surface area (Å²) in [6.07, 6.45) is 6.24. The van der Waals surface area contributed by atoms with Gasteiger partial charge in [0, 0.05) is 18.8 Å². The molecule has 2 N–H and O–H groups in total. The normalized spacial score (nSPS) is 24.5. The van der Waals surface area contributed by atoms with Crippen LogP contribution in [0.4, 0.5) is 0 Å². The molecule has 0 saturated carbocycles. The molecule has 20 heavy (non-hydrogen) atoms. The highest BCUT2D eigenvalue weighted by atomic mass is 16.5. The number of piperidine rings is 1. The zero-order valence-corrected chi connectivity index (χ0v) is 11.8. The first-order valence-corrected chi connectivity index (χ1v) is 7.61. The molecule has 0 spiro atoms. The van der Waals surface area contributed by atoms with Crippen LogP contribution in [-0.4, -0.2) is 42.8 Å². The van der Waals surface area contributed by atoms with Gasteiger partial charge in [0.2, 0.25) is 0 Å². The Morgan fingerprint density at radius 3 is 2.95 bits per heavy atom. The molecule has 2 fully saturated rings. The van der Waals surface area contributed by atoms with E-state index < -0.39 is 0 Å². The van der Waals surface area contributed by atoms with E-state index >= 15 is 0 Å². The fourth-order valence-corrected chi connectivity index (χ4v) is 3.10. The van der Waals surface area contributed by atoms with E-state index in [-0.39, 0.29) is 11.9 Å². The largest absolute Gasteiger partial charge is 0.379 e. The number of amides is 1. The fraction of sp³-hybridized carbons (Fsp3) is 0.667. The molecule has 0 bridgehead atoms. The van der Waals surface area contributed by atoms with Gasteiger partial charge < -0.3 is 19.9 Å². The average Bonchev–Trinajstić information content (AvgIpc) is 2.99. The summed E-state index contributed by atoms with van der Waals surface area (Å²) in [6, 6.07) is 4.48. The van der Waals surface area contributed by atoms with Crippen LogP contribution < -0.4 is 10.6 Å². The Morgan fingerprint density at radius 1 is 1.35 bits per heavy atom. The summed E-state index contributed by atoms with van der Waals surface area (Å²) in [5, 5.41) is 6.46. The molecular weight excluding hydrogens is 254 g/mol. The van der Waals surface area contributed by atoms with Crippen molar-refractivity contribution in [3.8, 4) is 0 Å². The van der Waals surface area contributed by atoms with Crippen molar-refractivity contribution in [2.24, 2.45) is 0 Å². The van der Waals surface area contributed by atoms with Crippen LogP contribution in [0.15, 0.2) is 18.3 Å². The first-order valence-electron chi connectivity index (χ1n) is 7.61. The molecule has 3 heterocycles. The summed E-state index contributed by atoms with van der Waals surface area (Å²) >= 11 is 0. The summed E-state index contributed by atoms with van der Waals surface area (Å²) in [6.45, 7) is 3.51. The standard InChI is InChI=1S/C15H23N3O2/c19-15(17-12-3-2-10-20-11-12)14-4-1-9-18(14)13-5-7-16-8-6-13/h1,4,9,12-13,16H,2-3,5-8,10-11H2,(H,17,19). The van der Waals surface area contributed by atoms with Gasteiger partial charge in [-0.3, -0.25) is 4.79 Å². The maximum atomic E-state index is 12.4. The maximum Gasteiger partial charge on any atom is 0.268 e. The van der Waals surface area contributed by atoms with Crippen molar-refractivity contribution in [2.45, 2.75) is 37.8 Å². The van der Waals surface area contributed by atoms with Gasteiger partial charge in [0.25, 0.3) is 5.91 Å². The predicted molar refractivity (Wildman–Crippen MR) is 76.9 cm³/mol. The molecule has 2 aliphatic heterocycles. The summed E-state index contributed by atoms with van der Waals surface area (Å²) in [5.41, 5.74) is 0.780. The first kappa shape index (κ1) is 13.6. The molecule has 1 unspecified atom stereocenters. The van der Waals surface area contributed by atoms with E-state index in [1.54, 1.807) is 0 Å². The molecule has 1 aromatic rings. The Morgan fingerprint density at radius 2 is 2.20 bits per heavy atom. The van der Waals surface area contributed by atoms with Crippen molar-refractivity contribution in [3.63, 3.8) is 0 Å². The number of aromatic nitrogens is 1. The second-order valence-electron chi connectivity index (χ2n) is 5.67. The van der Waals surface area contributed by atoms with Crippen LogP contribution >= 0.6 is 0 Å². The van der Waals surface area contributed by atoms with E-state index in [9.17, 15) is 4.79 Å². The fourth-order valence-electron chi connectivity index (χ4n) is 3.10. The van der Waals surface area contributed by atoms with E-state index in [0.29, 0.717) is 12.6 Å². The van der Waals surface area contributed by atoms with Gasteiger partial charge in [-0.2, -0.15) is 0 Å². The minimum atomic E-state index is 0.0315. The molecule has 1 amide bonds. The van der Waals surface area contributed by atoms with Gasteiger partial charge in [-0.05, 0) is 50.9 Å². The lowest BCUT2D eigenvalue weighted by Crippen LogP contribution is -2.41. The quantitative estimate of drug-likeness (QED) is 0.876. The van der Waals surface area contributed by atoms with Crippen LogP contribution in [0.2, 0.25) is 0 Å². The molecular formula is C15H23N3O2. The van der Waals surface area contributed by atoms with Crippen LogP contribution in [0.25, 0.3) is 0 Å². The predicted octanol–water partition coefficient (Wildman–Crippen LogP) is 1.32. The van der Waals surface area contributed by atoms with E-state index in [1.807, 2.05) is 18.3 Å². The third kappa shape index (κ3) is 3.04. The molecule has 2 aliphatic rings. The summed E-state index contributed by atoms with van der Waals surface area (Å²) in [7, 11) is 0. The van der Waals surface area contributed by atoms with Gasteiger partial charge in [0.1, 0.15) is 5.69 Å². The number of nitrogens with zero attached hydrogens (tertiary/aromatic N) is 1. The Labute approximate surface area is 119 Å². The molecule has 5 nitrogen and oxygen atoms in total. The zero-order valence-electron chi connectivity index (χ0n) is 11.8. The Balaban J connectivity index is 1.66. The second kappa shape index (κ2) is 6.41. The summed E-state index contributed by atoms with van der Waals surface area (Å²) < 4.78 is 7.56. The zero-order chi connectivity index (χ0) is 13.8.